The van der Waals surface area contributed by atoms with E-state index in [4.69, 9.17) is 10.5 Å². The molecule has 0 bridgehead atoms. The summed E-state index contributed by atoms with van der Waals surface area (Å²) in [5.74, 6) is 1.22. The molecule has 0 amide bonds. The lowest BCUT2D eigenvalue weighted by molar-refractivity contribution is 0.0750. The monoisotopic (exact) mass is 202 g/mol. The number of ether oxygens (including phenoxy) is 1. The largest absolute Gasteiger partial charge is 0.377 e. The first kappa shape index (κ1) is 13.9. The molecule has 0 rings (SSSR count). The van der Waals surface area contributed by atoms with Crippen molar-refractivity contribution in [2.45, 2.75) is 33.8 Å². The summed E-state index contributed by atoms with van der Waals surface area (Å²) in [6, 6.07) is 0. The Balaban J connectivity index is 3.50. The molecule has 0 saturated carbocycles. The Hall–Kier alpha value is -0.120. The maximum atomic E-state index is 5.68. The lowest BCUT2D eigenvalue weighted by atomic mass is 9.96. The van der Waals surface area contributed by atoms with Crippen LogP contribution in [0, 0.1) is 11.8 Å². The molecule has 0 aromatic heterocycles. The summed E-state index contributed by atoms with van der Waals surface area (Å²) < 4.78 is 5.42. The lowest BCUT2D eigenvalue weighted by Crippen LogP contribution is -2.35. The van der Waals surface area contributed by atoms with Crippen molar-refractivity contribution in [3.63, 3.8) is 0 Å². The van der Waals surface area contributed by atoms with Gasteiger partial charge >= 0.3 is 0 Å². The van der Waals surface area contributed by atoms with Gasteiger partial charge in [-0.25, -0.2) is 0 Å². The van der Waals surface area contributed by atoms with Gasteiger partial charge in [0.2, 0.25) is 0 Å². The molecule has 0 aromatic carbocycles. The quantitative estimate of drug-likeness (QED) is 0.622. The molecule has 0 aliphatic heterocycles. The van der Waals surface area contributed by atoms with Gasteiger partial charge in [-0.05, 0) is 38.8 Å². The van der Waals surface area contributed by atoms with Crippen molar-refractivity contribution in [1.29, 1.82) is 0 Å². The summed E-state index contributed by atoms with van der Waals surface area (Å²) >= 11 is 0. The van der Waals surface area contributed by atoms with Crippen LogP contribution in [0.4, 0.5) is 0 Å². The standard InChI is InChI=1S/C11H26N2O/c1-5-14-10(4)7-13-8-11(6-12)9(2)3/h9-11,13H,5-8,12H2,1-4H3. The molecule has 2 unspecified atom stereocenters. The second-order valence-electron chi connectivity index (χ2n) is 4.16. The molecule has 0 saturated heterocycles. The molecule has 2 atom stereocenters. The van der Waals surface area contributed by atoms with Crippen molar-refractivity contribution in [3.05, 3.63) is 0 Å². The van der Waals surface area contributed by atoms with E-state index in [1.54, 1.807) is 0 Å². The third-order valence-electron chi connectivity index (χ3n) is 2.54. The Labute approximate surface area is 88.4 Å². The van der Waals surface area contributed by atoms with Crippen molar-refractivity contribution in [1.82, 2.24) is 5.32 Å². The fourth-order valence-corrected chi connectivity index (χ4v) is 1.41. The first-order valence-corrected chi connectivity index (χ1v) is 5.64. The zero-order valence-corrected chi connectivity index (χ0v) is 10.0. The van der Waals surface area contributed by atoms with Crippen LogP contribution in [0.5, 0.6) is 0 Å². The van der Waals surface area contributed by atoms with Crippen LogP contribution in [0.25, 0.3) is 0 Å². The molecule has 86 valence electrons. The van der Waals surface area contributed by atoms with Crippen molar-refractivity contribution in [2.24, 2.45) is 17.6 Å². The van der Waals surface area contributed by atoms with Gasteiger partial charge in [0, 0.05) is 13.2 Å². The van der Waals surface area contributed by atoms with Gasteiger partial charge in [0.1, 0.15) is 0 Å². The summed E-state index contributed by atoms with van der Waals surface area (Å²) in [7, 11) is 0. The topological polar surface area (TPSA) is 47.3 Å². The number of hydrogen-bond acceptors (Lipinski definition) is 3. The Kier molecular flexibility index (Phi) is 8.14. The molecule has 0 heterocycles. The van der Waals surface area contributed by atoms with Gasteiger partial charge in [-0.3, -0.25) is 0 Å². The first-order valence-electron chi connectivity index (χ1n) is 5.64. The van der Waals surface area contributed by atoms with E-state index >= 15 is 0 Å². The summed E-state index contributed by atoms with van der Waals surface area (Å²) in [6.07, 6.45) is 0.297. The predicted molar refractivity (Wildman–Crippen MR) is 61.3 cm³/mol. The maximum absolute atomic E-state index is 5.68. The van der Waals surface area contributed by atoms with Crippen LogP contribution in [0.3, 0.4) is 0 Å². The van der Waals surface area contributed by atoms with Crippen molar-refractivity contribution in [3.8, 4) is 0 Å². The SMILES string of the molecule is CCOC(C)CNCC(CN)C(C)C. The Morgan fingerprint density at radius 3 is 2.29 bits per heavy atom. The van der Waals surface area contributed by atoms with E-state index in [0.717, 1.165) is 26.2 Å². The van der Waals surface area contributed by atoms with Gasteiger partial charge in [0.15, 0.2) is 0 Å². The first-order chi connectivity index (χ1) is 6.61. The molecular formula is C11H26N2O. The number of hydrogen-bond donors (Lipinski definition) is 2. The minimum absolute atomic E-state index is 0.297. The van der Waals surface area contributed by atoms with Gasteiger partial charge in [0.25, 0.3) is 0 Å². The van der Waals surface area contributed by atoms with E-state index in [1.807, 2.05) is 6.92 Å². The second kappa shape index (κ2) is 8.21. The molecule has 0 aliphatic carbocycles. The fourth-order valence-electron chi connectivity index (χ4n) is 1.41. The fraction of sp³-hybridized carbons (Fsp3) is 1.00. The molecule has 3 N–H and O–H groups in total. The number of nitrogens with two attached hydrogens (primary N) is 1. The van der Waals surface area contributed by atoms with Crippen LogP contribution in [0.1, 0.15) is 27.7 Å². The molecule has 0 spiro atoms. The molecule has 3 nitrogen and oxygen atoms in total. The number of rotatable bonds is 8. The van der Waals surface area contributed by atoms with E-state index in [1.165, 1.54) is 0 Å². The third-order valence-corrected chi connectivity index (χ3v) is 2.54. The minimum Gasteiger partial charge on any atom is -0.377 e. The number of nitrogens with one attached hydrogen (secondary N) is 1. The van der Waals surface area contributed by atoms with Crippen LogP contribution in [0.15, 0.2) is 0 Å². The summed E-state index contributed by atoms with van der Waals surface area (Å²) in [5, 5.41) is 3.40. The van der Waals surface area contributed by atoms with Gasteiger partial charge in [-0.2, -0.15) is 0 Å². The second-order valence-corrected chi connectivity index (χ2v) is 4.16. The van der Waals surface area contributed by atoms with E-state index in [-0.39, 0.29) is 0 Å². The normalized spacial score (nSPS) is 15.9. The van der Waals surface area contributed by atoms with Crippen LogP contribution in [0.2, 0.25) is 0 Å². The van der Waals surface area contributed by atoms with Gasteiger partial charge in [-0.15, -0.1) is 0 Å². The van der Waals surface area contributed by atoms with E-state index < -0.39 is 0 Å². The van der Waals surface area contributed by atoms with Crippen molar-refractivity contribution >= 4 is 0 Å². The third kappa shape index (κ3) is 6.35. The van der Waals surface area contributed by atoms with Crippen LogP contribution in [-0.2, 0) is 4.74 Å². The van der Waals surface area contributed by atoms with E-state index in [0.29, 0.717) is 17.9 Å². The Bertz CT molecular complexity index is 128. The highest BCUT2D eigenvalue weighted by Gasteiger charge is 2.11. The summed E-state index contributed by atoms with van der Waals surface area (Å²) in [6.45, 7) is 12.0. The average Bonchev–Trinajstić information content (AvgIpc) is 2.12. The smallest absolute Gasteiger partial charge is 0.0671 e. The molecule has 0 aliphatic rings. The Morgan fingerprint density at radius 1 is 1.21 bits per heavy atom. The predicted octanol–water partition coefficient (Wildman–Crippen LogP) is 1.23. The highest BCUT2D eigenvalue weighted by Crippen LogP contribution is 2.07. The highest BCUT2D eigenvalue weighted by molar-refractivity contribution is 4.67. The zero-order valence-electron chi connectivity index (χ0n) is 10.0. The Morgan fingerprint density at radius 2 is 1.86 bits per heavy atom. The van der Waals surface area contributed by atoms with E-state index in [2.05, 4.69) is 26.1 Å². The maximum Gasteiger partial charge on any atom is 0.0671 e. The summed E-state index contributed by atoms with van der Waals surface area (Å²) in [5.41, 5.74) is 5.68. The zero-order chi connectivity index (χ0) is 11.0. The van der Waals surface area contributed by atoms with Crippen molar-refractivity contribution in [2.75, 3.05) is 26.2 Å². The molecule has 0 fully saturated rings. The summed E-state index contributed by atoms with van der Waals surface area (Å²) in [4.78, 5) is 0. The van der Waals surface area contributed by atoms with Crippen LogP contribution >= 0.6 is 0 Å². The molecule has 3 heteroatoms. The van der Waals surface area contributed by atoms with Gasteiger partial charge in [0.05, 0.1) is 6.10 Å². The van der Waals surface area contributed by atoms with E-state index in [9.17, 15) is 0 Å². The van der Waals surface area contributed by atoms with Gasteiger partial charge < -0.3 is 15.8 Å². The molecular weight excluding hydrogens is 176 g/mol. The molecule has 14 heavy (non-hydrogen) atoms. The lowest BCUT2D eigenvalue weighted by Gasteiger charge is -2.20. The van der Waals surface area contributed by atoms with Crippen molar-refractivity contribution < 1.29 is 4.74 Å². The minimum atomic E-state index is 0.297. The van der Waals surface area contributed by atoms with Crippen LogP contribution < -0.4 is 11.1 Å². The van der Waals surface area contributed by atoms with Crippen LogP contribution in [-0.4, -0.2) is 32.3 Å². The van der Waals surface area contributed by atoms with Gasteiger partial charge in [-0.1, -0.05) is 13.8 Å². The molecule has 0 aromatic rings. The highest BCUT2D eigenvalue weighted by atomic mass is 16.5. The average molecular weight is 202 g/mol. The molecule has 0 radical (unpaired) electrons.